The van der Waals surface area contributed by atoms with E-state index in [4.69, 9.17) is 0 Å². The van der Waals surface area contributed by atoms with Gasteiger partial charge in [-0.3, -0.25) is 4.79 Å². The number of fused-ring (bicyclic) bond motifs is 1. The van der Waals surface area contributed by atoms with E-state index in [0.29, 0.717) is 0 Å². The van der Waals surface area contributed by atoms with Crippen molar-refractivity contribution in [3.05, 3.63) is 39.0 Å². The van der Waals surface area contributed by atoms with Crippen molar-refractivity contribution >= 4 is 23.1 Å². The lowest BCUT2D eigenvalue weighted by atomic mass is 10.00. The molecule has 0 N–H and O–H groups in total. The highest BCUT2D eigenvalue weighted by atomic mass is 32.1. The van der Waals surface area contributed by atoms with Crippen LogP contribution in [-0.2, 0) is 12.8 Å². The Morgan fingerprint density at radius 3 is 2.44 bits per heavy atom. The van der Waals surface area contributed by atoms with Crippen molar-refractivity contribution in [3.63, 3.8) is 0 Å². The summed E-state index contributed by atoms with van der Waals surface area (Å²) in [5.74, 6) is 1.99. The van der Waals surface area contributed by atoms with E-state index < -0.39 is 0 Å². The number of thiophene rings is 1. The Balaban J connectivity index is 1.42. The normalized spacial score (nSPS) is 18.0. The highest BCUT2D eigenvalue weighted by Gasteiger charge is 2.25. The van der Waals surface area contributed by atoms with E-state index in [-0.39, 0.29) is 5.91 Å². The van der Waals surface area contributed by atoms with Crippen LogP contribution >= 0.6 is 11.3 Å². The zero-order chi connectivity index (χ0) is 18.8. The SMILES string of the molecule is Cc1cc(N2CCN(C(=O)c3cc4c(s3)CCCCCC4)CC2)nc(C)n1. The lowest BCUT2D eigenvalue weighted by Gasteiger charge is -2.35. The highest BCUT2D eigenvalue weighted by molar-refractivity contribution is 7.14. The molecule has 1 saturated heterocycles. The van der Waals surface area contributed by atoms with Crippen molar-refractivity contribution in [2.24, 2.45) is 0 Å². The number of hydrogen-bond acceptors (Lipinski definition) is 5. The van der Waals surface area contributed by atoms with Crippen molar-refractivity contribution in [2.45, 2.75) is 52.4 Å². The molecular formula is C21H28N4OS. The summed E-state index contributed by atoms with van der Waals surface area (Å²) in [7, 11) is 0. The zero-order valence-electron chi connectivity index (χ0n) is 16.3. The van der Waals surface area contributed by atoms with Gasteiger partial charge in [0, 0.05) is 42.8 Å². The quantitative estimate of drug-likeness (QED) is 0.791. The van der Waals surface area contributed by atoms with Gasteiger partial charge in [0.25, 0.3) is 5.91 Å². The van der Waals surface area contributed by atoms with Gasteiger partial charge in [-0.25, -0.2) is 9.97 Å². The Labute approximate surface area is 165 Å². The monoisotopic (exact) mass is 384 g/mol. The average Bonchev–Trinajstić information content (AvgIpc) is 3.02. The molecule has 0 spiro atoms. The molecule has 2 aromatic heterocycles. The standard InChI is InChI=1S/C21H28N4OS/c1-15-13-20(23-16(2)22-15)24-9-11-25(12-10-24)21(26)19-14-17-7-5-3-4-6-8-18(17)27-19/h13-14H,3-12H2,1-2H3. The van der Waals surface area contributed by atoms with Gasteiger partial charge in [0.1, 0.15) is 11.6 Å². The number of carbonyl (C=O) groups excluding carboxylic acids is 1. The first-order valence-corrected chi connectivity index (χ1v) is 10.9. The summed E-state index contributed by atoms with van der Waals surface area (Å²) in [5.41, 5.74) is 2.42. The predicted octanol–water partition coefficient (Wildman–Crippen LogP) is 3.78. The molecule has 1 aliphatic heterocycles. The van der Waals surface area contributed by atoms with Gasteiger partial charge in [-0.1, -0.05) is 12.8 Å². The van der Waals surface area contributed by atoms with Gasteiger partial charge < -0.3 is 9.80 Å². The maximum Gasteiger partial charge on any atom is 0.264 e. The van der Waals surface area contributed by atoms with Gasteiger partial charge in [0.15, 0.2) is 0 Å². The summed E-state index contributed by atoms with van der Waals surface area (Å²) in [6.45, 7) is 7.09. The number of aromatic nitrogens is 2. The fourth-order valence-corrected chi connectivity index (χ4v) is 5.32. The van der Waals surface area contributed by atoms with E-state index in [1.807, 2.05) is 24.8 Å². The molecule has 5 nitrogen and oxygen atoms in total. The van der Waals surface area contributed by atoms with Gasteiger partial charge in [0.2, 0.25) is 0 Å². The molecule has 2 aliphatic rings. The molecule has 0 radical (unpaired) electrons. The van der Waals surface area contributed by atoms with Crippen LogP contribution in [0.2, 0.25) is 0 Å². The van der Waals surface area contributed by atoms with E-state index in [1.54, 1.807) is 11.3 Å². The summed E-state index contributed by atoms with van der Waals surface area (Å²) in [5, 5.41) is 0. The molecule has 0 unspecified atom stereocenters. The summed E-state index contributed by atoms with van der Waals surface area (Å²) < 4.78 is 0. The van der Waals surface area contributed by atoms with Crippen LogP contribution in [0.1, 0.15) is 57.3 Å². The van der Waals surface area contributed by atoms with Crippen LogP contribution in [0.15, 0.2) is 12.1 Å². The largest absolute Gasteiger partial charge is 0.353 e. The van der Waals surface area contributed by atoms with E-state index in [9.17, 15) is 4.79 Å². The second kappa shape index (κ2) is 7.97. The Kier molecular flexibility index (Phi) is 5.43. The maximum atomic E-state index is 13.0. The van der Waals surface area contributed by atoms with Gasteiger partial charge in [-0.05, 0) is 51.2 Å². The molecule has 0 aromatic carbocycles. The van der Waals surface area contributed by atoms with E-state index in [1.165, 1.54) is 36.1 Å². The summed E-state index contributed by atoms with van der Waals surface area (Å²) >= 11 is 1.74. The fraction of sp³-hybridized carbons (Fsp3) is 0.571. The number of nitrogens with zero attached hydrogens (tertiary/aromatic N) is 4. The van der Waals surface area contributed by atoms with Crippen molar-refractivity contribution in [2.75, 3.05) is 31.1 Å². The Morgan fingerprint density at radius 2 is 1.70 bits per heavy atom. The molecule has 6 heteroatoms. The number of aryl methyl sites for hydroxylation is 4. The van der Waals surface area contributed by atoms with E-state index >= 15 is 0 Å². The topological polar surface area (TPSA) is 49.3 Å². The number of anilines is 1. The molecule has 0 atom stereocenters. The molecule has 144 valence electrons. The van der Waals surface area contributed by atoms with Crippen LogP contribution in [0.5, 0.6) is 0 Å². The maximum absolute atomic E-state index is 13.0. The van der Waals surface area contributed by atoms with Gasteiger partial charge in [-0.2, -0.15) is 0 Å². The Morgan fingerprint density at radius 1 is 0.963 bits per heavy atom. The molecule has 1 fully saturated rings. The number of amides is 1. The number of piperazine rings is 1. The van der Waals surface area contributed by atoms with Crippen LogP contribution < -0.4 is 4.90 Å². The number of carbonyl (C=O) groups is 1. The van der Waals surface area contributed by atoms with Gasteiger partial charge >= 0.3 is 0 Å². The van der Waals surface area contributed by atoms with Crippen LogP contribution in [0.25, 0.3) is 0 Å². The van der Waals surface area contributed by atoms with Crippen LogP contribution in [-0.4, -0.2) is 47.0 Å². The van der Waals surface area contributed by atoms with Crippen molar-refractivity contribution in [1.82, 2.24) is 14.9 Å². The zero-order valence-corrected chi connectivity index (χ0v) is 17.1. The van der Waals surface area contributed by atoms with Crippen LogP contribution in [0.3, 0.4) is 0 Å². The minimum Gasteiger partial charge on any atom is -0.353 e. The molecule has 27 heavy (non-hydrogen) atoms. The molecular weight excluding hydrogens is 356 g/mol. The molecule has 2 aromatic rings. The van der Waals surface area contributed by atoms with Crippen molar-refractivity contribution < 1.29 is 4.79 Å². The van der Waals surface area contributed by atoms with E-state index in [2.05, 4.69) is 20.9 Å². The first kappa shape index (κ1) is 18.4. The van der Waals surface area contributed by atoms with Crippen LogP contribution in [0.4, 0.5) is 5.82 Å². The molecule has 4 rings (SSSR count). The molecule has 0 saturated carbocycles. The highest BCUT2D eigenvalue weighted by Crippen LogP contribution is 2.29. The van der Waals surface area contributed by atoms with Crippen molar-refractivity contribution in [1.29, 1.82) is 0 Å². The predicted molar refractivity (Wildman–Crippen MR) is 110 cm³/mol. The second-order valence-electron chi connectivity index (χ2n) is 7.67. The van der Waals surface area contributed by atoms with Gasteiger partial charge in [-0.15, -0.1) is 11.3 Å². The molecule has 3 heterocycles. The fourth-order valence-electron chi connectivity index (χ4n) is 4.10. The lowest BCUT2D eigenvalue weighted by molar-refractivity contribution is 0.0751. The Hall–Kier alpha value is -1.95. The minimum absolute atomic E-state index is 0.210. The van der Waals surface area contributed by atoms with E-state index in [0.717, 1.165) is 61.2 Å². The van der Waals surface area contributed by atoms with Gasteiger partial charge in [0.05, 0.1) is 4.88 Å². The third kappa shape index (κ3) is 4.15. The summed E-state index contributed by atoms with van der Waals surface area (Å²) in [4.78, 5) is 28.6. The smallest absolute Gasteiger partial charge is 0.264 e. The summed E-state index contributed by atoms with van der Waals surface area (Å²) in [6, 6.07) is 4.21. The molecule has 1 aliphatic carbocycles. The summed E-state index contributed by atoms with van der Waals surface area (Å²) in [6.07, 6.45) is 7.45. The van der Waals surface area contributed by atoms with Crippen LogP contribution in [0, 0.1) is 13.8 Å². The first-order valence-electron chi connectivity index (χ1n) is 10.1. The third-order valence-electron chi connectivity index (χ3n) is 5.55. The number of hydrogen-bond donors (Lipinski definition) is 0. The minimum atomic E-state index is 0.210. The molecule has 0 bridgehead atoms. The average molecular weight is 385 g/mol. The number of rotatable bonds is 2. The first-order chi connectivity index (χ1) is 13.1. The second-order valence-corrected chi connectivity index (χ2v) is 8.80. The lowest BCUT2D eigenvalue weighted by Crippen LogP contribution is -2.49. The Bertz CT molecular complexity index is 778. The molecule has 1 amide bonds. The third-order valence-corrected chi connectivity index (χ3v) is 6.78. The van der Waals surface area contributed by atoms with Crippen molar-refractivity contribution in [3.8, 4) is 0 Å².